The first-order valence-electron chi connectivity index (χ1n) is 13.4. The summed E-state index contributed by atoms with van der Waals surface area (Å²) in [5, 5.41) is 27.1. The number of aromatic carboxylic acids is 1. The highest BCUT2D eigenvalue weighted by molar-refractivity contribution is 7.18. The summed E-state index contributed by atoms with van der Waals surface area (Å²) in [4.78, 5) is 15.9. The van der Waals surface area contributed by atoms with Gasteiger partial charge in [0.2, 0.25) is 0 Å². The number of nitrogens with zero attached hydrogens (tertiary/aromatic N) is 2. The van der Waals surface area contributed by atoms with Gasteiger partial charge in [0.15, 0.2) is 5.82 Å². The summed E-state index contributed by atoms with van der Waals surface area (Å²) < 4.78 is 33.2. The van der Waals surface area contributed by atoms with Gasteiger partial charge in [-0.25, -0.2) is 14.2 Å². The average molecular weight is 619 g/mol. The molecule has 2 aromatic carbocycles. The van der Waals surface area contributed by atoms with E-state index < -0.39 is 17.4 Å². The molecule has 3 fully saturated rings. The Bertz CT molecular complexity index is 1640. The molecule has 0 radical (unpaired) electrons. The van der Waals surface area contributed by atoms with E-state index in [-0.39, 0.29) is 35.6 Å². The number of aromatic nitrogens is 2. The van der Waals surface area contributed by atoms with Gasteiger partial charge in [0.25, 0.3) is 0 Å². The molecular weight excluding hydrogens is 594 g/mol. The van der Waals surface area contributed by atoms with Crippen molar-refractivity contribution >= 4 is 50.7 Å². The minimum absolute atomic E-state index is 0.0617. The van der Waals surface area contributed by atoms with Crippen LogP contribution in [0.25, 0.3) is 21.5 Å². The van der Waals surface area contributed by atoms with Crippen LogP contribution in [-0.4, -0.2) is 45.6 Å². The van der Waals surface area contributed by atoms with Crippen LogP contribution in [0.1, 0.15) is 58.3 Å². The molecule has 0 amide bonds. The smallest absolute Gasteiger partial charge is 0.335 e. The van der Waals surface area contributed by atoms with Crippen LogP contribution in [0.15, 0.2) is 34.9 Å². The second kappa shape index (κ2) is 10.3. The molecule has 2 N–H and O–H groups in total. The minimum atomic E-state index is -1.34. The molecule has 2 bridgehead atoms. The molecule has 4 aromatic rings. The van der Waals surface area contributed by atoms with E-state index in [0.717, 1.165) is 41.6 Å². The number of hydrogen-bond donors (Lipinski definition) is 2. The molecule has 2 aromatic heterocycles. The third-order valence-electron chi connectivity index (χ3n) is 8.45. The second-order valence-corrected chi connectivity index (χ2v) is 12.9. The van der Waals surface area contributed by atoms with E-state index in [9.17, 15) is 19.4 Å². The molecule has 2 unspecified atom stereocenters. The lowest BCUT2D eigenvalue weighted by atomic mass is 9.66. The fourth-order valence-corrected chi connectivity index (χ4v) is 8.03. The molecule has 7 rings (SSSR count). The van der Waals surface area contributed by atoms with Crippen LogP contribution in [0, 0.1) is 17.7 Å². The summed E-state index contributed by atoms with van der Waals surface area (Å²) in [5.74, 6) is -1.54. The zero-order chi connectivity index (χ0) is 28.5. The molecule has 3 heterocycles. The Kier molecular flexibility index (Phi) is 6.84. The predicted octanol–water partition coefficient (Wildman–Crippen LogP) is 6.80. The zero-order valence-electron chi connectivity index (χ0n) is 21.6. The summed E-state index contributed by atoms with van der Waals surface area (Å²) >= 11 is 14.1. The van der Waals surface area contributed by atoms with Crippen LogP contribution in [-0.2, 0) is 21.7 Å². The number of halogens is 3. The lowest BCUT2D eigenvalue weighted by Gasteiger charge is -2.50. The Morgan fingerprint density at radius 3 is 2.54 bits per heavy atom. The highest BCUT2D eigenvalue weighted by atomic mass is 35.5. The van der Waals surface area contributed by atoms with Gasteiger partial charge in [0.1, 0.15) is 27.6 Å². The van der Waals surface area contributed by atoms with Crippen molar-refractivity contribution in [2.24, 2.45) is 11.8 Å². The van der Waals surface area contributed by atoms with E-state index in [1.807, 2.05) is 0 Å². The lowest BCUT2D eigenvalue weighted by molar-refractivity contribution is -0.209. The Hall–Kier alpha value is -2.60. The van der Waals surface area contributed by atoms with Crippen LogP contribution in [0.4, 0.5) is 4.39 Å². The molecule has 2 aliphatic carbocycles. The largest absolute Gasteiger partial charge is 0.478 e. The fourth-order valence-electron chi connectivity index (χ4n) is 6.18. The third kappa shape index (κ3) is 4.65. The molecule has 12 heteroatoms. The lowest BCUT2D eigenvalue weighted by Crippen LogP contribution is -2.55. The molecule has 8 nitrogen and oxygen atoms in total. The Balaban J connectivity index is 1.15. The standard InChI is InChI=1S/C29H25Cl2FN2O6S/c30-19-2-1-3-20(31)23(19)24-18(26(40-34-24)13-4-5-13)12-39-17-8-15-10-38-11-16(9-17)29(15,37)28-33-25-21(32)6-14(27(35)36)7-22(25)41-28/h1-3,6-7,13,15-17,37H,4-5,8-12H2,(H,35,36)/t15-,16+,17?,29?. The van der Waals surface area contributed by atoms with Crippen LogP contribution in [0.3, 0.4) is 0 Å². The molecule has 0 spiro atoms. The van der Waals surface area contributed by atoms with E-state index in [0.29, 0.717) is 63.0 Å². The highest BCUT2D eigenvalue weighted by Gasteiger charge is 2.55. The monoisotopic (exact) mass is 618 g/mol. The molecule has 41 heavy (non-hydrogen) atoms. The number of carboxylic acids is 1. The number of fused-ring (bicyclic) bond motifs is 3. The molecule has 1 saturated heterocycles. The summed E-state index contributed by atoms with van der Waals surface area (Å²) in [6.45, 7) is 0.847. The number of carbonyl (C=O) groups is 1. The van der Waals surface area contributed by atoms with Crippen molar-refractivity contribution in [3.05, 3.63) is 68.1 Å². The number of thiazole rings is 1. The van der Waals surface area contributed by atoms with Gasteiger partial charge in [-0.3, -0.25) is 0 Å². The molecule has 3 aliphatic rings. The maximum atomic E-state index is 14.7. The SMILES string of the molecule is O=C(O)c1cc(F)c2nc(C3(O)[C@@H]4COC[C@H]3CC(OCc3c(-c5c(Cl)cccc5Cl)noc3C3CC3)C4)sc2c1. The molecule has 4 atom stereocenters. The summed E-state index contributed by atoms with van der Waals surface area (Å²) in [7, 11) is 0. The number of ether oxygens (including phenoxy) is 2. The fraction of sp³-hybridized carbons (Fsp3) is 0.414. The Morgan fingerprint density at radius 1 is 1.17 bits per heavy atom. The van der Waals surface area contributed by atoms with Gasteiger partial charge >= 0.3 is 5.97 Å². The van der Waals surface area contributed by atoms with Gasteiger partial charge in [0.05, 0.1) is 46.2 Å². The second-order valence-electron chi connectivity index (χ2n) is 11.0. The van der Waals surface area contributed by atoms with E-state index in [4.69, 9.17) is 37.2 Å². The van der Waals surface area contributed by atoms with Crippen molar-refractivity contribution in [1.82, 2.24) is 10.1 Å². The van der Waals surface area contributed by atoms with Gasteiger partial charge in [-0.15, -0.1) is 11.3 Å². The van der Waals surface area contributed by atoms with Crippen molar-refractivity contribution < 1.29 is 33.4 Å². The van der Waals surface area contributed by atoms with E-state index >= 15 is 0 Å². The summed E-state index contributed by atoms with van der Waals surface area (Å²) in [6, 6.07) is 7.65. The summed E-state index contributed by atoms with van der Waals surface area (Å²) in [5.41, 5.74) is 0.587. The first-order chi connectivity index (χ1) is 19.7. The van der Waals surface area contributed by atoms with E-state index in [1.54, 1.807) is 18.2 Å². The topological polar surface area (TPSA) is 115 Å². The predicted molar refractivity (Wildman–Crippen MR) is 150 cm³/mol. The molecule has 214 valence electrons. The zero-order valence-corrected chi connectivity index (χ0v) is 23.9. The van der Waals surface area contributed by atoms with E-state index in [1.165, 1.54) is 6.07 Å². The first kappa shape index (κ1) is 27.2. The maximum absolute atomic E-state index is 14.7. The average Bonchev–Trinajstić information content (AvgIpc) is 3.52. The van der Waals surface area contributed by atoms with Gasteiger partial charge in [-0.2, -0.15) is 0 Å². The minimum Gasteiger partial charge on any atom is -0.478 e. The van der Waals surface area contributed by atoms with Crippen molar-refractivity contribution in [3.63, 3.8) is 0 Å². The Labute approximate surface area is 248 Å². The number of aliphatic hydroxyl groups is 1. The van der Waals surface area contributed by atoms with Crippen molar-refractivity contribution in [2.45, 2.75) is 49.9 Å². The van der Waals surface area contributed by atoms with Crippen LogP contribution < -0.4 is 0 Å². The normalized spacial score (nSPS) is 26.0. The quantitative estimate of drug-likeness (QED) is 0.232. The van der Waals surface area contributed by atoms with Gasteiger partial charge in [-0.05, 0) is 49.9 Å². The van der Waals surface area contributed by atoms with Gasteiger partial charge in [0, 0.05) is 28.9 Å². The summed E-state index contributed by atoms with van der Waals surface area (Å²) in [6.07, 6.45) is 2.85. The van der Waals surface area contributed by atoms with Gasteiger partial charge < -0.3 is 24.2 Å². The number of benzene rings is 2. The maximum Gasteiger partial charge on any atom is 0.335 e. The van der Waals surface area contributed by atoms with Gasteiger partial charge in [-0.1, -0.05) is 34.4 Å². The number of rotatable bonds is 7. The van der Waals surface area contributed by atoms with Crippen molar-refractivity contribution in [1.29, 1.82) is 0 Å². The van der Waals surface area contributed by atoms with Crippen LogP contribution >= 0.6 is 34.5 Å². The number of carboxylic acid groups (broad SMARTS) is 1. The molecular formula is C29H25Cl2FN2O6S. The molecule has 1 aliphatic heterocycles. The highest BCUT2D eigenvalue weighted by Crippen LogP contribution is 2.52. The van der Waals surface area contributed by atoms with Crippen molar-refractivity contribution in [2.75, 3.05) is 13.2 Å². The molecule has 2 saturated carbocycles. The van der Waals surface area contributed by atoms with Crippen molar-refractivity contribution in [3.8, 4) is 11.3 Å². The number of hydrogen-bond acceptors (Lipinski definition) is 8. The third-order valence-corrected chi connectivity index (χ3v) is 10.2. The van der Waals surface area contributed by atoms with E-state index in [2.05, 4.69) is 10.1 Å². The first-order valence-corrected chi connectivity index (χ1v) is 15.0. The Morgan fingerprint density at radius 2 is 1.88 bits per heavy atom. The van der Waals surface area contributed by atoms with Crippen LogP contribution in [0.2, 0.25) is 10.0 Å². The van der Waals surface area contributed by atoms with Crippen LogP contribution in [0.5, 0.6) is 0 Å².